The highest BCUT2D eigenvalue weighted by Gasteiger charge is 2.35. The molecular formula is C20H21N5O3S2. The highest BCUT2D eigenvalue weighted by atomic mass is 32.2. The maximum Gasteiger partial charge on any atom is 0.253 e. The zero-order valence-electron chi connectivity index (χ0n) is 16.8. The number of nitrogens with zero attached hydrogens (tertiary/aromatic N) is 5. The summed E-state index contributed by atoms with van der Waals surface area (Å²) in [7, 11) is 5.05. The Bertz CT molecular complexity index is 1060. The first-order chi connectivity index (χ1) is 14.6. The quantitative estimate of drug-likeness (QED) is 0.521. The number of hydrazone groups is 1. The first kappa shape index (κ1) is 20.4. The SMILES string of the molecule is COc1cccc([C@H]2CC(c3cccs3)=NN2C(=O)CSc2nncn2C)c1OC. The van der Waals surface area contributed by atoms with Gasteiger partial charge in [-0.3, -0.25) is 4.79 Å². The van der Waals surface area contributed by atoms with Crippen molar-refractivity contribution in [3.63, 3.8) is 0 Å². The van der Waals surface area contributed by atoms with Crippen LogP contribution in [-0.2, 0) is 11.8 Å². The molecule has 30 heavy (non-hydrogen) atoms. The zero-order valence-corrected chi connectivity index (χ0v) is 18.4. The number of hydrogen-bond donors (Lipinski definition) is 0. The van der Waals surface area contributed by atoms with Crippen LogP contribution < -0.4 is 9.47 Å². The smallest absolute Gasteiger partial charge is 0.253 e. The molecule has 0 saturated heterocycles. The van der Waals surface area contributed by atoms with E-state index in [-0.39, 0.29) is 17.7 Å². The minimum atomic E-state index is -0.278. The third kappa shape index (κ3) is 3.92. The number of thiophene rings is 1. The van der Waals surface area contributed by atoms with E-state index >= 15 is 0 Å². The summed E-state index contributed by atoms with van der Waals surface area (Å²) in [5.74, 6) is 1.34. The Labute approximate surface area is 182 Å². The first-order valence-electron chi connectivity index (χ1n) is 9.23. The van der Waals surface area contributed by atoms with Gasteiger partial charge in [0.25, 0.3) is 5.91 Å². The third-order valence-electron chi connectivity index (χ3n) is 4.76. The molecule has 1 amide bonds. The molecule has 156 valence electrons. The van der Waals surface area contributed by atoms with Crippen LogP contribution in [0.15, 0.2) is 52.3 Å². The lowest BCUT2D eigenvalue weighted by molar-refractivity contribution is -0.130. The fraction of sp³-hybridized carbons (Fsp3) is 0.300. The summed E-state index contributed by atoms with van der Waals surface area (Å²) in [6.45, 7) is 0. The standard InChI is InChI=1S/C20H21N5O3S2/c1-24-12-21-22-20(24)30-11-18(26)25-15(10-14(23-25)17-8-5-9-29-17)13-6-4-7-16(27-2)19(13)28-3/h4-9,12,15H,10-11H2,1-3H3/t15-/m1/s1. The number of rotatable bonds is 7. The van der Waals surface area contributed by atoms with E-state index in [0.717, 1.165) is 16.2 Å². The van der Waals surface area contributed by atoms with Gasteiger partial charge in [0.2, 0.25) is 0 Å². The number of para-hydroxylation sites is 1. The largest absolute Gasteiger partial charge is 0.493 e. The predicted molar refractivity (Wildman–Crippen MR) is 116 cm³/mol. The minimum absolute atomic E-state index is 0.107. The van der Waals surface area contributed by atoms with Crippen LogP contribution in [0.3, 0.4) is 0 Å². The Morgan fingerprint density at radius 3 is 2.80 bits per heavy atom. The molecule has 4 rings (SSSR count). The third-order valence-corrected chi connectivity index (χ3v) is 6.70. The molecule has 0 unspecified atom stereocenters. The average molecular weight is 444 g/mol. The number of benzene rings is 1. The van der Waals surface area contributed by atoms with Crippen molar-refractivity contribution in [2.75, 3.05) is 20.0 Å². The van der Waals surface area contributed by atoms with Gasteiger partial charge in [-0.05, 0) is 17.5 Å². The molecule has 0 N–H and O–H groups in total. The molecule has 0 saturated carbocycles. The molecule has 3 aromatic rings. The lowest BCUT2D eigenvalue weighted by Gasteiger charge is -2.24. The van der Waals surface area contributed by atoms with Crippen LogP contribution in [0.25, 0.3) is 0 Å². The second-order valence-electron chi connectivity index (χ2n) is 6.58. The molecule has 3 heterocycles. The number of thioether (sulfide) groups is 1. The van der Waals surface area contributed by atoms with Gasteiger partial charge in [-0.1, -0.05) is 30.0 Å². The fourth-order valence-corrected chi connectivity index (χ4v) is 4.81. The van der Waals surface area contributed by atoms with Crippen molar-refractivity contribution < 1.29 is 14.3 Å². The van der Waals surface area contributed by atoms with Crippen molar-refractivity contribution in [1.29, 1.82) is 0 Å². The van der Waals surface area contributed by atoms with Gasteiger partial charge in [0.05, 0.1) is 36.6 Å². The summed E-state index contributed by atoms with van der Waals surface area (Å²) in [4.78, 5) is 14.2. The van der Waals surface area contributed by atoms with Gasteiger partial charge in [0, 0.05) is 19.0 Å². The summed E-state index contributed by atoms with van der Waals surface area (Å²) < 4.78 is 12.9. The Balaban J connectivity index is 1.65. The molecule has 0 spiro atoms. The molecule has 1 aliphatic rings. The summed E-state index contributed by atoms with van der Waals surface area (Å²) in [6.07, 6.45) is 2.21. The van der Waals surface area contributed by atoms with Crippen LogP contribution >= 0.6 is 23.1 Å². The molecule has 1 aromatic carbocycles. The summed E-state index contributed by atoms with van der Waals surface area (Å²) in [5, 5.41) is 16.8. The number of methoxy groups -OCH3 is 2. The fourth-order valence-electron chi connectivity index (χ4n) is 3.34. The van der Waals surface area contributed by atoms with Crippen LogP contribution in [-0.4, -0.2) is 51.4 Å². The van der Waals surface area contributed by atoms with Gasteiger partial charge in [-0.2, -0.15) is 5.10 Å². The van der Waals surface area contributed by atoms with Crippen molar-refractivity contribution in [2.24, 2.45) is 12.1 Å². The lowest BCUT2D eigenvalue weighted by atomic mass is 9.99. The Morgan fingerprint density at radius 1 is 1.27 bits per heavy atom. The molecule has 0 radical (unpaired) electrons. The molecule has 1 aliphatic heterocycles. The highest BCUT2D eigenvalue weighted by Crippen LogP contribution is 2.42. The van der Waals surface area contributed by atoms with Crippen molar-refractivity contribution in [3.8, 4) is 11.5 Å². The Hall–Kier alpha value is -2.85. The monoisotopic (exact) mass is 443 g/mol. The van der Waals surface area contributed by atoms with Crippen LogP contribution in [0.2, 0.25) is 0 Å². The van der Waals surface area contributed by atoms with E-state index < -0.39 is 0 Å². The number of hydrogen-bond acceptors (Lipinski definition) is 8. The lowest BCUT2D eigenvalue weighted by Crippen LogP contribution is -2.29. The Morgan fingerprint density at radius 2 is 2.13 bits per heavy atom. The summed E-state index contributed by atoms with van der Waals surface area (Å²) in [6, 6.07) is 9.42. The number of carbonyl (C=O) groups is 1. The number of carbonyl (C=O) groups excluding carboxylic acids is 1. The molecule has 10 heteroatoms. The van der Waals surface area contributed by atoms with Crippen molar-refractivity contribution in [1.82, 2.24) is 19.8 Å². The number of aromatic nitrogens is 3. The average Bonchev–Trinajstić information content (AvgIpc) is 3.51. The van der Waals surface area contributed by atoms with Gasteiger partial charge in [0.15, 0.2) is 16.7 Å². The van der Waals surface area contributed by atoms with Crippen molar-refractivity contribution >= 4 is 34.7 Å². The number of amides is 1. The van der Waals surface area contributed by atoms with E-state index in [9.17, 15) is 4.79 Å². The number of ether oxygens (including phenoxy) is 2. The van der Waals surface area contributed by atoms with Gasteiger partial charge >= 0.3 is 0 Å². The topological polar surface area (TPSA) is 81.8 Å². The van der Waals surface area contributed by atoms with E-state index in [2.05, 4.69) is 10.2 Å². The molecule has 0 aliphatic carbocycles. The molecule has 0 fully saturated rings. The molecule has 0 bridgehead atoms. The molecule has 2 aromatic heterocycles. The van der Waals surface area contributed by atoms with Crippen LogP contribution in [0.1, 0.15) is 22.9 Å². The van der Waals surface area contributed by atoms with Crippen LogP contribution in [0.5, 0.6) is 11.5 Å². The van der Waals surface area contributed by atoms with E-state index in [4.69, 9.17) is 14.6 Å². The van der Waals surface area contributed by atoms with Crippen LogP contribution in [0.4, 0.5) is 0 Å². The highest BCUT2D eigenvalue weighted by molar-refractivity contribution is 7.99. The molecule has 1 atom stereocenters. The van der Waals surface area contributed by atoms with Gasteiger partial charge in [-0.25, -0.2) is 5.01 Å². The van der Waals surface area contributed by atoms with E-state index in [1.807, 2.05) is 42.8 Å². The normalized spacial score (nSPS) is 15.9. The summed E-state index contributed by atoms with van der Waals surface area (Å²) >= 11 is 2.95. The van der Waals surface area contributed by atoms with Crippen molar-refractivity contribution in [2.45, 2.75) is 17.6 Å². The summed E-state index contributed by atoms with van der Waals surface area (Å²) in [5.41, 5.74) is 1.75. The zero-order chi connectivity index (χ0) is 21.1. The predicted octanol–water partition coefficient (Wildman–Crippen LogP) is 3.36. The van der Waals surface area contributed by atoms with Crippen molar-refractivity contribution in [3.05, 3.63) is 52.5 Å². The minimum Gasteiger partial charge on any atom is -0.493 e. The molecular weight excluding hydrogens is 422 g/mol. The first-order valence-corrected chi connectivity index (χ1v) is 11.1. The maximum absolute atomic E-state index is 13.2. The maximum atomic E-state index is 13.2. The second-order valence-corrected chi connectivity index (χ2v) is 8.47. The van der Waals surface area contributed by atoms with E-state index in [1.165, 1.54) is 11.8 Å². The second kappa shape index (κ2) is 8.88. The Kier molecular flexibility index (Phi) is 6.05. The van der Waals surface area contributed by atoms with E-state index in [0.29, 0.717) is 23.1 Å². The van der Waals surface area contributed by atoms with E-state index in [1.54, 1.807) is 41.5 Å². The van der Waals surface area contributed by atoms with Gasteiger partial charge in [-0.15, -0.1) is 21.5 Å². The van der Waals surface area contributed by atoms with Gasteiger partial charge < -0.3 is 14.0 Å². The van der Waals surface area contributed by atoms with Gasteiger partial charge in [0.1, 0.15) is 6.33 Å². The molecule has 8 nitrogen and oxygen atoms in total. The van der Waals surface area contributed by atoms with Crippen LogP contribution in [0, 0.1) is 0 Å². The number of aryl methyl sites for hydroxylation is 1.